The van der Waals surface area contributed by atoms with E-state index in [0.29, 0.717) is 0 Å². The van der Waals surface area contributed by atoms with Crippen molar-refractivity contribution in [1.82, 2.24) is 5.32 Å². The average molecular weight is 239 g/mol. The standard InChI is InChI=1S/C9H13N5O3/c10-8-13-6-9(7(17)14-8,12-4-11-6)2-1-5(16)3-15/h4-5,15-16H,1-3H2,(H3,10,11,12,13,14,17). The first-order chi connectivity index (χ1) is 8.08. The van der Waals surface area contributed by atoms with Gasteiger partial charge in [0, 0.05) is 0 Å². The number of aliphatic hydroxyl groups is 2. The minimum absolute atomic E-state index is 0.0161. The van der Waals surface area contributed by atoms with Gasteiger partial charge < -0.3 is 15.9 Å². The predicted molar refractivity (Wildman–Crippen MR) is 60.7 cm³/mol. The number of amides is 1. The van der Waals surface area contributed by atoms with Crippen molar-refractivity contribution in [3.8, 4) is 0 Å². The second-order valence-electron chi connectivity index (χ2n) is 3.88. The molecular formula is C9H13N5O3. The number of nitrogens with one attached hydrogen (secondary N) is 1. The first-order valence-electron chi connectivity index (χ1n) is 5.15. The smallest absolute Gasteiger partial charge is 0.262 e. The van der Waals surface area contributed by atoms with Gasteiger partial charge in [0.05, 0.1) is 12.7 Å². The van der Waals surface area contributed by atoms with E-state index in [9.17, 15) is 9.90 Å². The summed E-state index contributed by atoms with van der Waals surface area (Å²) < 4.78 is 0. The Morgan fingerprint density at radius 1 is 1.59 bits per heavy atom. The first kappa shape index (κ1) is 11.7. The van der Waals surface area contributed by atoms with Crippen molar-refractivity contribution >= 4 is 24.0 Å². The van der Waals surface area contributed by atoms with Gasteiger partial charge in [-0.05, 0) is 12.8 Å². The second kappa shape index (κ2) is 4.22. The molecule has 2 aliphatic rings. The Kier molecular flexibility index (Phi) is 2.90. The molecule has 1 amide bonds. The molecule has 2 heterocycles. The second-order valence-corrected chi connectivity index (χ2v) is 3.88. The minimum atomic E-state index is -1.21. The van der Waals surface area contributed by atoms with Crippen molar-refractivity contribution in [1.29, 1.82) is 0 Å². The van der Waals surface area contributed by atoms with Crippen LogP contribution < -0.4 is 11.1 Å². The third kappa shape index (κ3) is 1.92. The van der Waals surface area contributed by atoms with Gasteiger partial charge in [-0.25, -0.2) is 9.98 Å². The molecule has 0 aromatic heterocycles. The number of fused-ring (bicyclic) bond motifs is 1. The van der Waals surface area contributed by atoms with Crippen molar-refractivity contribution in [2.24, 2.45) is 20.7 Å². The molecule has 2 aliphatic heterocycles. The van der Waals surface area contributed by atoms with Gasteiger partial charge in [0.2, 0.25) is 11.5 Å². The van der Waals surface area contributed by atoms with Crippen LogP contribution in [0.3, 0.4) is 0 Å². The molecule has 92 valence electrons. The lowest BCUT2D eigenvalue weighted by atomic mass is 9.89. The molecule has 5 N–H and O–H groups in total. The molecular weight excluding hydrogens is 226 g/mol. The van der Waals surface area contributed by atoms with E-state index < -0.39 is 17.6 Å². The van der Waals surface area contributed by atoms with Crippen LogP contribution in [0.2, 0.25) is 0 Å². The van der Waals surface area contributed by atoms with Crippen LogP contribution in [0.4, 0.5) is 0 Å². The lowest BCUT2D eigenvalue weighted by Crippen LogP contribution is -2.57. The zero-order valence-electron chi connectivity index (χ0n) is 9.00. The number of aliphatic hydroxyl groups excluding tert-OH is 2. The van der Waals surface area contributed by atoms with Gasteiger partial charge in [0.15, 0.2) is 5.84 Å². The quantitative estimate of drug-likeness (QED) is 0.440. The largest absolute Gasteiger partial charge is 0.394 e. The van der Waals surface area contributed by atoms with Crippen LogP contribution in [0.1, 0.15) is 12.8 Å². The maximum Gasteiger partial charge on any atom is 0.262 e. The SMILES string of the molecule is NC1=NC2=NC=NC2(CCC(O)CO)C(=O)N1. The van der Waals surface area contributed by atoms with Crippen LogP contribution >= 0.6 is 0 Å². The predicted octanol–water partition coefficient (Wildman–Crippen LogP) is -2.26. The summed E-state index contributed by atoms with van der Waals surface area (Å²) in [7, 11) is 0. The van der Waals surface area contributed by atoms with E-state index in [1.165, 1.54) is 6.34 Å². The van der Waals surface area contributed by atoms with Crippen molar-refractivity contribution in [2.45, 2.75) is 24.5 Å². The fourth-order valence-electron chi connectivity index (χ4n) is 1.75. The number of nitrogens with zero attached hydrogens (tertiary/aromatic N) is 3. The van der Waals surface area contributed by atoms with Gasteiger partial charge in [-0.3, -0.25) is 10.1 Å². The Labute approximate surface area is 97.0 Å². The molecule has 0 saturated carbocycles. The van der Waals surface area contributed by atoms with E-state index in [0.717, 1.165) is 0 Å². The number of carbonyl (C=O) groups excluding carboxylic acids is 1. The van der Waals surface area contributed by atoms with Gasteiger partial charge >= 0.3 is 0 Å². The number of hydrogen-bond donors (Lipinski definition) is 4. The number of guanidine groups is 1. The van der Waals surface area contributed by atoms with Crippen LogP contribution in [-0.4, -0.2) is 52.5 Å². The number of rotatable bonds is 4. The topological polar surface area (TPSA) is 133 Å². The zero-order valence-corrected chi connectivity index (χ0v) is 9.00. The summed E-state index contributed by atoms with van der Waals surface area (Å²) in [5, 5.41) is 20.4. The van der Waals surface area contributed by atoms with Crippen LogP contribution in [0.15, 0.2) is 15.0 Å². The number of carbonyl (C=O) groups is 1. The molecule has 17 heavy (non-hydrogen) atoms. The molecule has 0 saturated heterocycles. The summed E-state index contributed by atoms with van der Waals surface area (Å²) in [4.78, 5) is 23.7. The van der Waals surface area contributed by atoms with Crippen LogP contribution in [0.25, 0.3) is 0 Å². The monoisotopic (exact) mass is 239 g/mol. The highest BCUT2D eigenvalue weighted by atomic mass is 16.3. The summed E-state index contributed by atoms with van der Waals surface area (Å²) in [6.45, 7) is -0.362. The highest BCUT2D eigenvalue weighted by molar-refractivity contribution is 6.26. The molecule has 0 radical (unpaired) electrons. The Morgan fingerprint density at radius 2 is 2.35 bits per heavy atom. The van der Waals surface area contributed by atoms with E-state index >= 15 is 0 Å². The normalized spacial score (nSPS) is 28.2. The van der Waals surface area contributed by atoms with E-state index in [2.05, 4.69) is 20.3 Å². The highest BCUT2D eigenvalue weighted by Crippen LogP contribution is 2.27. The van der Waals surface area contributed by atoms with Gasteiger partial charge in [-0.15, -0.1) is 0 Å². The molecule has 8 heteroatoms. The fraction of sp³-hybridized carbons (Fsp3) is 0.556. The molecule has 0 spiro atoms. The Hall–Kier alpha value is -1.80. The lowest BCUT2D eigenvalue weighted by Gasteiger charge is -2.28. The first-order valence-corrected chi connectivity index (χ1v) is 5.15. The number of nitrogens with two attached hydrogens (primary N) is 1. The van der Waals surface area contributed by atoms with Crippen molar-refractivity contribution in [3.63, 3.8) is 0 Å². The maximum atomic E-state index is 11.9. The molecule has 0 bridgehead atoms. The number of hydrogen-bond acceptors (Lipinski definition) is 7. The van der Waals surface area contributed by atoms with E-state index in [-0.39, 0.29) is 31.2 Å². The van der Waals surface area contributed by atoms with Gasteiger partial charge in [0.25, 0.3) is 5.91 Å². The Bertz CT molecular complexity index is 430. The molecule has 0 aromatic carbocycles. The number of aliphatic imine (C=N–C) groups is 3. The van der Waals surface area contributed by atoms with Gasteiger partial charge in [0.1, 0.15) is 6.34 Å². The molecule has 2 unspecified atom stereocenters. The van der Waals surface area contributed by atoms with E-state index in [1.54, 1.807) is 0 Å². The molecule has 8 nitrogen and oxygen atoms in total. The summed E-state index contributed by atoms with van der Waals surface area (Å²) >= 11 is 0. The third-order valence-electron chi connectivity index (χ3n) is 2.72. The van der Waals surface area contributed by atoms with E-state index in [1.807, 2.05) is 0 Å². The highest BCUT2D eigenvalue weighted by Gasteiger charge is 2.48. The summed E-state index contributed by atoms with van der Waals surface area (Å²) in [5.41, 5.74) is 4.21. The molecule has 0 fully saturated rings. The Morgan fingerprint density at radius 3 is 3.06 bits per heavy atom. The van der Waals surface area contributed by atoms with Crippen molar-refractivity contribution < 1.29 is 15.0 Å². The fourth-order valence-corrected chi connectivity index (χ4v) is 1.75. The summed E-state index contributed by atoms with van der Waals surface area (Å²) in [6, 6.07) is 0. The maximum absolute atomic E-state index is 11.9. The zero-order chi connectivity index (χ0) is 12.5. The number of amidine groups is 1. The lowest BCUT2D eigenvalue weighted by molar-refractivity contribution is -0.123. The van der Waals surface area contributed by atoms with Crippen LogP contribution in [0.5, 0.6) is 0 Å². The minimum Gasteiger partial charge on any atom is -0.394 e. The molecule has 0 aliphatic carbocycles. The Balaban J connectivity index is 2.20. The molecule has 2 atom stereocenters. The molecule has 0 aromatic rings. The summed E-state index contributed by atoms with van der Waals surface area (Å²) in [5.74, 6) is -0.205. The van der Waals surface area contributed by atoms with Gasteiger partial charge in [-0.1, -0.05) is 0 Å². The summed E-state index contributed by atoms with van der Waals surface area (Å²) in [6.07, 6.45) is 0.794. The van der Waals surface area contributed by atoms with Crippen LogP contribution in [-0.2, 0) is 4.79 Å². The van der Waals surface area contributed by atoms with Crippen molar-refractivity contribution in [3.05, 3.63) is 0 Å². The average Bonchev–Trinajstić information content (AvgIpc) is 2.70. The van der Waals surface area contributed by atoms with E-state index in [4.69, 9.17) is 10.8 Å². The van der Waals surface area contributed by atoms with Crippen LogP contribution in [0, 0.1) is 0 Å². The molecule has 2 rings (SSSR count). The van der Waals surface area contributed by atoms with Crippen molar-refractivity contribution in [2.75, 3.05) is 6.61 Å². The third-order valence-corrected chi connectivity index (χ3v) is 2.72. The van der Waals surface area contributed by atoms with Gasteiger partial charge in [-0.2, -0.15) is 4.99 Å².